The second kappa shape index (κ2) is 12.4. The third kappa shape index (κ3) is 6.95. The SMILES string of the molecule is CC=CC(OC(C=CC)c1ccc(Oc2ccccc2)cc1)c1ccc(Oc2ccccc2)cc1. The highest BCUT2D eigenvalue weighted by Crippen LogP contribution is 2.32. The fraction of sp³-hybridized carbons (Fsp3) is 0.125. The van der Waals surface area contributed by atoms with Gasteiger partial charge in [-0.05, 0) is 73.5 Å². The van der Waals surface area contributed by atoms with Crippen LogP contribution in [0.5, 0.6) is 23.0 Å². The van der Waals surface area contributed by atoms with Crippen LogP contribution < -0.4 is 9.47 Å². The van der Waals surface area contributed by atoms with E-state index in [4.69, 9.17) is 14.2 Å². The summed E-state index contributed by atoms with van der Waals surface area (Å²) in [6, 6.07) is 35.6. The van der Waals surface area contributed by atoms with Gasteiger partial charge in [0, 0.05) is 0 Å². The summed E-state index contributed by atoms with van der Waals surface area (Å²) in [5.74, 6) is 3.21. The average Bonchev–Trinajstić information content (AvgIpc) is 2.90. The van der Waals surface area contributed by atoms with Gasteiger partial charge in [-0.25, -0.2) is 0 Å². The fourth-order valence-electron chi connectivity index (χ4n) is 3.68. The van der Waals surface area contributed by atoms with E-state index in [0.29, 0.717) is 0 Å². The van der Waals surface area contributed by atoms with Crippen LogP contribution in [-0.4, -0.2) is 0 Å². The molecule has 0 heterocycles. The van der Waals surface area contributed by atoms with Crippen molar-refractivity contribution in [3.05, 3.63) is 145 Å². The molecule has 0 aliphatic carbocycles. The molecule has 176 valence electrons. The standard InChI is InChI=1S/C32H30O3/c1-3-11-31(25-17-21-29(22-18-25)33-27-13-7-5-8-14-27)35-32(12-4-2)26-19-23-30(24-20-26)34-28-15-9-6-10-16-28/h3-24,31-32H,1-2H3. The molecule has 0 saturated carbocycles. The van der Waals surface area contributed by atoms with Gasteiger partial charge in [-0.3, -0.25) is 0 Å². The molecular formula is C32H30O3. The first-order valence-electron chi connectivity index (χ1n) is 11.8. The van der Waals surface area contributed by atoms with Crippen LogP contribution in [0.2, 0.25) is 0 Å². The zero-order valence-electron chi connectivity index (χ0n) is 20.1. The van der Waals surface area contributed by atoms with E-state index in [1.165, 1.54) is 0 Å². The highest BCUT2D eigenvalue weighted by atomic mass is 16.5. The van der Waals surface area contributed by atoms with Crippen LogP contribution in [0.4, 0.5) is 0 Å². The smallest absolute Gasteiger partial charge is 0.127 e. The summed E-state index contributed by atoms with van der Waals surface area (Å²) in [5.41, 5.74) is 2.11. The summed E-state index contributed by atoms with van der Waals surface area (Å²) in [4.78, 5) is 0. The van der Waals surface area contributed by atoms with E-state index in [-0.39, 0.29) is 12.2 Å². The van der Waals surface area contributed by atoms with Crippen LogP contribution in [0.25, 0.3) is 0 Å². The van der Waals surface area contributed by atoms with Crippen molar-refractivity contribution >= 4 is 0 Å². The molecule has 4 rings (SSSR count). The molecule has 0 spiro atoms. The third-order valence-electron chi connectivity index (χ3n) is 5.40. The molecule has 3 heteroatoms. The van der Waals surface area contributed by atoms with E-state index in [1.807, 2.05) is 135 Å². The minimum absolute atomic E-state index is 0.202. The molecule has 0 saturated heterocycles. The number of ether oxygens (including phenoxy) is 3. The van der Waals surface area contributed by atoms with Gasteiger partial charge in [0.15, 0.2) is 0 Å². The molecule has 4 aromatic rings. The molecule has 0 aromatic heterocycles. The Balaban J connectivity index is 1.47. The molecular weight excluding hydrogens is 432 g/mol. The first-order chi connectivity index (χ1) is 17.2. The maximum atomic E-state index is 6.56. The van der Waals surface area contributed by atoms with Gasteiger partial charge in [0.2, 0.25) is 0 Å². The zero-order valence-corrected chi connectivity index (χ0v) is 20.1. The number of benzene rings is 4. The van der Waals surface area contributed by atoms with Crippen LogP contribution in [0.3, 0.4) is 0 Å². The summed E-state index contributed by atoms with van der Waals surface area (Å²) < 4.78 is 18.4. The lowest BCUT2D eigenvalue weighted by atomic mass is 10.1. The van der Waals surface area contributed by atoms with Crippen molar-refractivity contribution in [1.82, 2.24) is 0 Å². The highest BCUT2D eigenvalue weighted by Gasteiger charge is 2.16. The molecule has 3 nitrogen and oxygen atoms in total. The van der Waals surface area contributed by atoms with Gasteiger partial charge in [0.05, 0.1) is 0 Å². The second-order valence-corrected chi connectivity index (χ2v) is 8.00. The maximum absolute atomic E-state index is 6.56. The van der Waals surface area contributed by atoms with Crippen molar-refractivity contribution in [2.45, 2.75) is 26.1 Å². The summed E-state index contributed by atoms with van der Waals surface area (Å²) in [7, 11) is 0. The van der Waals surface area contributed by atoms with Crippen molar-refractivity contribution in [3.8, 4) is 23.0 Å². The molecule has 0 amide bonds. The fourth-order valence-corrected chi connectivity index (χ4v) is 3.68. The first kappa shape index (κ1) is 24.1. The van der Waals surface area contributed by atoms with Gasteiger partial charge in [-0.2, -0.15) is 0 Å². The van der Waals surface area contributed by atoms with Gasteiger partial charge in [-0.1, -0.05) is 85.0 Å². The summed E-state index contributed by atoms with van der Waals surface area (Å²) in [6.45, 7) is 4.01. The van der Waals surface area contributed by atoms with Gasteiger partial charge in [0.25, 0.3) is 0 Å². The Morgan fingerprint density at radius 2 is 0.800 bits per heavy atom. The quantitative estimate of drug-likeness (QED) is 0.220. The molecule has 0 aliphatic rings. The van der Waals surface area contributed by atoms with Crippen molar-refractivity contribution in [2.24, 2.45) is 0 Å². The van der Waals surface area contributed by atoms with Crippen LogP contribution in [0, 0.1) is 0 Å². The summed E-state index contributed by atoms with van der Waals surface area (Å²) in [5, 5.41) is 0. The number of rotatable bonds is 10. The second-order valence-electron chi connectivity index (χ2n) is 8.00. The minimum atomic E-state index is -0.202. The lowest BCUT2D eigenvalue weighted by Gasteiger charge is -2.22. The molecule has 0 aliphatic heterocycles. The van der Waals surface area contributed by atoms with Crippen LogP contribution in [0.15, 0.2) is 133 Å². The summed E-state index contributed by atoms with van der Waals surface area (Å²) in [6.07, 6.45) is 7.76. The summed E-state index contributed by atoms with van der Waals surface area (Å²) >= 11 is 0. The van der Waals surface area contributed by atoms with Crippen molar-refractivity contribution < 1.29 is 14.2 Å². The van der Waals surface area contributed by atoms with Crippen molar-refractivity contribution in [3.63, 3.8) is 0 Å². The van der Waals surface area contributed by atoms with Crippen LogP contribution in [0.1, 0.15) is 37.2 Å². The lowest BCUT2D eigenvalue weighted by Crippen LogP contribution is -2.07. The molecule has 0 N–H and O–H groups in total. The monoisotopic (exact) mass is 462 g/mol. The van der Waals surface area contributed by atoms with E-state index in [0.717, 1.165) is 34.1 Å². The molecule has 0 bridgehead atoms. The topological polar surface area (TPSA) is 27.7 Å². The number of hydrogen-bond donors (Lipinski definition) is 0. The van der Waals surface area contributed by atoms with Crippen LogP contribution in [-0.2, 0) is 4.74 Å². The van der Waals surface area contributed by atoms with Crippen LogP contribution >= 0.6 is 0 Å². The lowest BCUT2D eigenvalue weighted by molar-refractivity contribution is 0.0397. The Hall–Kier alpha value is -4.08. The minimum Gasteiger partial charge on any atom is -0.457 e. The Kier molecular flexibility index (Phi) is 8.52. The van der Waals surface area contributed by atoms with E-state index in [9.17, 15) is 0 Å². The molecule has 0 radical (unpaired) electrons. The predicted octanol–water partition coefficient (Wildman–Crippen LogP) is 9.22. The Labute approximate surface area is 207 Å². The van der Waals surface area contributed by atoms with Crippen molar-refractivity contribution in [2.75, 3.05) is 0 Å². The molecule has 2 atom stereocenters. The third-order valence-corrected chi connectivity index (χ3v) is 5.40. The Bertz CT molecular complexity index is 1110. The van der Waals surface area contributed by atoms with E-state index >= 15 is 0 Å². The average molecular weight is 463 g/mol. The van der Waals surface area contributed by atoms with Gasteiger partial charge in [0.1, 0.15) is 35.2 Å². The number of allylic oxidation sites excluding steroid dienone is 2. The molecule has 35 heavy (non-hydrogen) atoms. The zero-order chi connectivity index (χ0) is 24.3. The predicted molar refractivity (Wildman–Crippen MR) is 142 cm³/mol. The Morgan fingerprint density at radius 3 is 1.14 bits per heavy atom. The van der Waals surface area contributed by atoms with E-state index < -0.39 is 0 Å². The first-order valence-corrected chi connectivity index (χ1v) is 11.8. The normalized spacial score (nSPS) is 13.1. The highest BCUT2D eigenvalue weighted by molar-refractivity contribution is 5.36. The van der Waals surface area contributed by atoms with Crippen molar-refractivity contribution in [1.29, 1.82) is 0 Å². The molecule has 2 unspecified atom stereocenters. The largest absolute Gasteiger partial charge is 0.457 e. The molecule has 0 fully saturated rings. The van der Waals surface area contributed by atoms with E-state index in [1.54, 1.807) is 0 Å². The van der Waals surface area contributed by atoms with Gasteiger partial charge >= 0.3 is 0 Å². The number of para-hydroxylation sites is 2. The number of hydrogen-bond acceptors (Lipinski definition) is 3. The van der Waals surface area contributed by atoms with Gasteiger partial charge < -0.3 is 14.2 Å². The van der Waals surface area contributed by atoms with Gasteiger partial charge in [-0.15, -0.1) is 0 Å². The molecule has 4 aromatic carbocycles. The van der Waals surface area contributed by atoms with E-state index in [2.05, 4.69) is 12.2 Å². The maximum Gasteiger partial charge on any atom is 0.127 e. The Morgan fingerprint density at radius 1 is 0.457 bits per heavy atom.